The fourth-order valence-corrected chi connectivity index (χ4v) is 3.39. The minimum absolute atomic E-state index is 0.0122. The summed E-state index contributed by atoms with van der Waals surface area (Å²) in [4.78, 5) is 19.4. The van der Waals surface area contributed by atoms with Crippen LogP contribution in [0.3, 0.4) is 0 Å². The number of carbonyl (C=O) groups is 1. The van der Waals surface area contributed by atoms with Crippen LogP contribution in [0.25, 0.3) is 5.82 Å². The van der Waals surface area contributed by atoms with E-state index < -0.39 is 0 Å². The number of aromatic nitrogens is 5. The van der Waals surface area contributed by atoms with Crippen LogP contribution in [0.1, 0.15) is 46.9 Å². The summed E-state index contributed by atoms with van der Waals surface area (Å²) >= 11 is 0. The molecule has 3 aromatic rings. The van der Waals surface area contributed by atoms with Crippen molar-refractivity contribution in [2.75, 3.05) is 6.54 Å². The molecule has 3 aromatic heterocycles. The van der Waals surface area contributed by atoms with Gasteiger partial charge in [-0.05, 0) is 49.9 Å². The molecule has 0 radical (unpaired) electrons. The molecule has 4 rings (SSSR count). The van der Waals surface area contributed by atoms with Crippen LogP contribution in [0.15, 0.2) is 43.0 Å². The average Bonchev–Trinajstić information content (AvgIpc) is 3.33. The molecule has 1 amide bonds. The Labute approximate surface area is 145 Å². The molecule has 0 aromatic carbocycles. The number of nitrogens with zero attached hydrogens (tertiary/aromatic N) is 5. The highest BCUT2D eigenvalue weighted by Crippen LogP contribution is 2.32. The van der Waals surface area contributed by atoms with E-state index in [-0.39, 0.29) is 11.9 Å². The van der Waals surface area contributed by atoms with Crippen LogP contribution in [0.2, 0.25) is 0 Å². The first-order valence-corrected chi connectivity index (χ1v) is 8.51. The fourth-order valence-electron chi connectivity index (χ4n) is 3.39. The van der Waals surface area contributed by atoms with Gasteiger partial charge in [0.2, 0.25) is 0 Å². The van der Waals surface area contributed by atoms with Crippen molar-refractivity contribution in [2.45, 2.75) is 32.2 Å². The zero-order chi connectivity index (χ0) is 17.2. The minimum Gasteiger partial charge on any atom is -0.330 e. The van der Waals surface area contributed by atoms with E-state index in [4.69, 9.17) is 0 Å². The monoisotopic (exact) mass is 336 g/mol. The third kappa shape index (κ3) is 2.93. The Morgan fingerprint density at radius 2 is 2.20 bits per heavy atom. The van der Waals surface area contributed by atoms with Crippen molar-refractivity contribution in [2.24, 2.45) is 0 Å². The fraction of sp³-hybridized carbons (Fsp3) is 0.333. The number of likely N-dealkylation sites (tertiary alicyclic amines) is 1. The number of hydrogen-bond acceptors (Lipinski definition) is 4. The molecule has 1 atom stereocenters. The van der Waals surface area contributed by atoms with Gasteiger partial charge in [-0.3, -0.25) is 9.89 Å². The van der Waals surface area contributed by atoms with Crippen molar-refractivity contribution < 1.29 is 4.79 Å². The van der Waals surface area contributed by atoms with E-state index in [0.717, 1.165) is 37.1 Å². The normalized spacial score (nSPS) is 17.6. The van der Waals surface area contributed by atoms with Crippen molar-refractivity contribution >= 4 is 5.91 Å². The molecule has 0 bridgehead atoms. The molecular weight excluding hydrogens is 316 g/mol. The Bertz CT molecular complexity index is 852. The Morgan fingerprint density at radius 1 is 1.28 bits per heavy atom. The van der Waals surface area contributed by atoms with Crippen LogP contribution in [-0.2, 0) is 0 Å². The van der Waals surface area contributed by atoms with Crippen LogP contribution in [0, 0.1) is 6.92 Å². The first-order valence-electron chi connectivity index (χ1n) is 8.51. The van der Waals surface area contributed by atoms with E-state index in [9.17, 15) is 4.79 Å². The van der Waals surface area contributed by atoms with E-state index in [0.29, 0.717) is 11.4 Å². The predicted molar refractivity (Wildman–Crippen MR) is 92.3 cm³/mol. The second-order valence-corrected chi connectivity index (χ2v) is 6.33. The van der Waals surface area contributed by atoms with E-state index in [2.05, 4.69) is 20.3 Å². The van der Waals surface area contributed by atoms with E-state index in [1.54, 1.807) is 17.1 Å². The van der Waals surface area contributed by atoms with Gasteiger partial charge in [-0.25, -0.2) is 9.67 Å². The summed E-state index contributed by atoms with van der Waals surface area (Å²) in [6, 6.07) is 5.53. The van der Waals surface area contributed by atoms with Gasteiger partial charge in [0.15, 0.2) is 5.82 Å². The van der Waals surface area contributed by atoms with Gasteiger partial charge in [0.1, 0.15) is 0 Å². The van der Waals surface area contributed by atoms with Crippen molar-refractivity contribution in [3.05, 3.63) is 59.8 Å². The highest BCUT2D eigenvalue weighted by Gasteiger charge is 2.30. The number of rotatable bonds is 3. The molecule has 1 aliphatic heterocycles. The van der Waals surface area contributed by atoms with Gasteiger partial charge in [-0.2, -0.15) is 10.2 Å². The van der Waals surface area contributed by atoms with Gasteiger partial charge >= 0.3 is 0 Å². The average molecular weight is 336 g/mol. The lowest BCUT2D eigenvalue weighted by atomic mass is 9.96. The molecular formula is C18H20N6O. The molecule has 0 unspecified atom stereocenters. The lowest BCUT2D eigenvalue weighted by Gasteiger charge is -2.35. The number of piperidine rings is 1. The molecule has 0 aliphatic carbocycles. The smallest absolute Gasteiger partial charge is 0.255 e. The molecule has 1 fully saturated rings. The van der Waals surface area contributed by atoms with Crippen LogP contribution < -0.4 is 0 Å². The van der Waals surface area contributed by atoms with E-state index in [1.165, 1.54) is 0 Å². The van der Waals surface area contributed by atoms with Gasteiger partial charge in [-0.15, -0.1) is 0 Å². The first kappa shape index (κ1) is 15.6. The van der Waals surface area contributed by atoms with Gasteiger partial charge in [0.25, 0.3) is 5.91 Å². The number of H-pyrrole nitrogens is 1. The van der Waals surface area contributed by atoms with Crippen molar-refractivity contribution in [3.8, 4) is 5.82 Å². The van der Waals surface area contributed by atoms with Gasteiger partial charge in [0, 0.05) is 25.1 Å². The maximum Gasteiger partial charge on any atom is 0.255 e. The summed E-state index contributed by atoms with van der Waals surface area (Å²) in [6.45, 7) is 2.78. The number of nitrogens with one attached hydrogen (secondary N) is 1. The van der Waals surface area contributed by atoms with Gasteiger partial charge < -0.3 is 4.90 Å². The molecule has 1 saturated heterocycles. The summed E-state index contributed by atoms with van der Waals surface area (Å²) in [7, 11) is 0. The standard InChI is InChI=1S/C18H20N6O/c1-13-11-20-22-17(13)15-5-2-3-9-23(15)18(25)14-6-7-16(19-12-14)24-10-4-8-21-24/h4,6-8,10-12,15H,2-3,5,9H2,1H3,(H,20,22)/t15-/m1/s1. The Balaban J connectivity index is 1.59. The molecule has 4 heterocycles. The molecule has 1 aliphatic rings. The number of aromatic amines is 1. The Morgan fingerprint density at radius 3 is 2.88 bits per heavy atom. The zero-order valence-corrected chi connectivity index (χ0v) is 14.1. The lowest BCUT2D eigenvalue weighted by molar-refractivity contribution is 0.0605. The number of carbonyl (C=O) groups excluding carboxylic acids is 1. The second kappa shape index (κ2) is 6.51. The number of amides is 1. The number of aryl methyl sites for hydroxylation is 1. The zero-order valence-electron chi connectivity index (χ0n) is 14.1. The van der Waals surface area contributed by atoms with Crippen LogP contribution in [0.4, 0.5) is 0 Å². The molecule has 25 heavy (non-hydrogen) atoms. The number of pyridine rings is 1. The van der Waals surface area contributed by atoms with Crippen LogP contribution in [-0.4, -0.2) is 42.3 Å². The number of hydrogen-bond donors (Lipinski definition) is 1. The summed E-state index contributed by atoms with van der Waals surface area (Å²) in [5.74, 6) is 0.708. The minimum atomic E-state index is 0.0122. The lowest BCUT2D eigenvalue weighted by Crippen LogP contribution is -2.39. The molecule has 1 N–H and O–H groups in total. The van der Waals surface area contributed by atoms with Gasteiger partial charge in [-0.1, -0.05) is 0 Å². The van der Waals surface area contributed by atoms with E-state index >= 15 is 0 Å². The highest BCUT2D eigenvalue weighted by molar-refractivity contribution is 5.94. The van der Waals surface area contributed by atoms with Gasteiger partial charge in [0.05, 0.1) is 23.5 Å². The summed E-state index contributed by atoms with van der Waals surface area (Å²) < 4.78 is 1.67. The quantitative estimate of drug-likeness (QED) is 0.797. The molecule has 128 valence electrons. The van der Waals surface area contributed by atoms with Crippen molar-refractivity contribution in [3.63, 3.8) is 0 Å². The largest absolute Gasteiger partial charge is 0.330 e. The van der Waals surface area contributed by atoms with E-state index in [1.807, 2.05) is 42.4 Å². The van der Waals surface area contributed by atoms with Crippen LogP contribution >= 0.6 is 0 Å². The van der Waals surface area contributed by atoms with Crippen molar-refractivity contribution in [1.29, 1.82) is 0 Å². The maximum atomic E-state index is 13.0. The van der Waals surface area contributed by atoms with Crippen LogP contribution in [0.5, 0.6) is 0 Å². The topological polar surface area (TPSA) is 79.7 Å². The third-order valence-corrected chi connectivity index (χ3v) is 4.70. The predicted octanol–water partition coefficient (Wildman–Crippen LogP) is 2.67. The third-order valence-electron chi connectivity index (χ3n) is 4.70. The molecule has 0 saturated carbocycles. The molecule has 7 heteroatoms. The Hall–Kier alpha value is -2.96. The molecule has 0 spiro atoms. The highest BCUT2D eigenvalue weighted by atomic mass is 16.2. The molecule has 7 nitrogen and oxygen atoms in total. The van der Waals surface area contributed by atoms with Crippen molar-refractivity contribution in [1.82, 2.24) is 29.9 Å². The summed E-state index contributed by atoms with van der Waals surface area (Å²) in [6.07, 6.45) is 10.1. The SMILES string of the molecule is Cc1cn[nH]c1[C@H]1CCCCN1C(=O)c1ccc(-n2cccn2)nc1. The Kier molecular flexibility index (Phi) is 4.05. The maximum absolute atomic E-state index is 13.0. The second-order valence-electron chi connectivity index (χ2n) is 6.33. The summed E-state index contributed by atoms with van der Waals surface area (Å²) in [5.41, 5.74) is 2.73. The summed E-state index contributed by atoms with van der Waals surface area (Å²) in [5, 5.41) is 11.3. The first-order chi connectivity index (χ1) is 12.2.